The molecule has 6 heteroatoms. The highest BCUT2D eigenvalue weighted by Crippen LogP contribution is 2.27. The van der Waals surface area contributed by atoms with Gasteiger partial charge in [0.15, 0.2) is 0 Å². The van der Waals surface area contributed by atoms with Gasteiger partial charge in [-0.3, -0.25) is 0 Å². The number of aryl methyl sites for hydroxylation is 1. The maximum Gasteiger partial charge on any atom is 0.0868 e. The van der Waals surface area contributed by atoms with Gasteiger partial charge in [0.05, 0.1) is 22.6 Å². The maximum absolute atomic E-state index is 6.13. The molecule has 4 nitrogen and oxygen atoms in total. The van der Waals surface area contributed by atoms with Crippen LogP contribution in [-0.2, 0) is 6.54 Å². The topological polar surface area (TPSA) is 56.7 Å². The van der Waals surface area contributed by atoms with E-state index in [1.54, 1.807) is 23.0 Å². The van der Waals surface area contributed by atoms with Gasteiger partial charge < -0.3 is 5.73 Å². The first-order valence-electron chi connectivity index (χ1n) is 4.69. The summed E-state index contributed by atoms with van der Waals surface area (Å²) in [6.07, 6.45) is 1.60. The number of nitrogens with two attached hydrogens (primary N) is 1. The summed E-state index contributed by atoms with van der Waals surface area (Å²) >= 11 is 12.2. The number of hydrogen-bond acceptors (Lipinski definition) is 3. The van der Waals surface area contributed by atoms with Crippen molar-refractivity contribution in [3.05, 3.63) is 39.6 Å². The third kappa shape index (κ3) is 1.91. The molecule has 0 aliphatic rings. The number of nitrogens with zero attached hydrogens (tertiary/aromatic N) is 3. The second-order valence-electron chi connectivity index (χ2n) is 3.39. The van der Waals surface area contributed by atoms with Crippen molar-refractivity contribution >= 4 is 23.2 Å². The number of hydrogen-bond donors (Lipinski definition) is 1. The van der Waals surface area contributed by atoms with Crippen LogP contribution in [0.2, 0.25) is 10.0 Å². The average Bonchev–Trinajstić information content (AvgIpc) is 2.71. The van der Waals surface area contributed by atoms with Crippen molar-refractivity contribution < 1.29 is 0 Å². The summed E-state index contributed by atoms with van der Waals surface area (Å²) in [5.74, 6) is 0. The molecule has 2 rings (SSSR count). The second-order valence-corrected chi connectivity index (χ2v) is 4.21. The van der Waals surface area contributed by atoms with Crippen molar-refractivity contribution in [2.45, 2.75) is 13.5 Å². The molecule has 2 N–H and O–H groups in total. The Labute approximate surface area is 103 Å². The molecule has 84 valence electrons. The van der Waals surface area contributed by atoms with Gasteiger partial charge in [-0.25, -0.2) is 4.68 Å². The lowest BCUT2D eigenvalue weighted by molar-refractivity contribution is 0.761. The van der Waals surface area contributed by atoms with Gasteiger partial charge in [0.25, 0.3) is 0 Å². The quantitative estimate of drug-likeness (QED) is 0.898. The Morgan fingerprint density at radius 1 is 1.31 bits per heavy atom. The van der Waals surface area contributed by atoms with Crippen LogP contribution in [0.4, 0.5) is 0 Å². The van der Waals surface area contributed by atoms with E-state index in [2.05, 4.69) is 10.3 Å². The van der Waals surface area contributed by atoms with Gasteiger partial charge in [0, 0.05) is 11.6 Å². The van der Waals surface area contributed by atoms with E-state index in [0.29, 0.717) is 22.3 Å². The van der Waals surface area contributed by atoms with Crippen LogP contribution in [-0.4, -0.2) is 15.0 Å². The van der Waals surface area contributed by atoms with E-state index in [0.717, 1.165) is 11.3 Å². The lowest BCUT2D eigenvalue weighted by Gasteiger charge is -2.08. The predicted molar refractivity (Wildman–Crippen MR) is 64.0 cm³/mol. The Balaban J connectivity index is 2.60. The average molecular weight is 257 g/mol. The smallest absolute Gasteiger partial charge is 0.0868 e. The highest BCUT2D eigenvalue weighted by atomic mass is 35.5. The molecular weight excluding hydrogens is 247 g/mol. The summed E-state index contributed by atoms with van der Waals surface area (Å²) in [7, 11) is 0. The third-order valence-corrected chi connectivity index (χ3v) is 3.00. The van der Waals surface area contributed by atoms with E-state index in [1.165, 1.54) is 0 Å². The van der Waals surface area contributed by atoms with Crippen molar-refractivity contribution in [1.29, 1.82) is 0 Å². The normalized spacial score (nSPS) is 10.8. The Morgan fingerprint density at radius 2 is 2.06 bits per heavy atom. The van der Waals surface area contributed by atoms with E-state index in [4.69, 9.17) is 28.9 Å². The summed E-state index contributed by atoms with van der Waals surface area (Å²) in [5, 5.41) is 8.93. The molecule has 0 aliphatic heterocycles. The molecule has 0 unspecified atom stereocenters. The molecule has 0 spiro atoms. The van der Waals surface area contributed by atoms with Crippen LogP contribution in [0.15, 0.2) is 18.3 Å². The Morgan fingerprint density at radius 3 is 2.75 bits per heavy atom. The molecule has 0 bridgehead atoms. The van der Waals surface area contributed by atoms with E-state index >= 15 is 0 Å². The van der Waals surface area contributed by atoms with Gasteiger partial charge in [-0.2, -0.15) is 0 Å². The Hall–Kier alpha value is -1.10. The Bertz CT molecular complexity index is 522. The Kier molecular flexibility index (Phi) is 3.14. The molecule has 0 fully saturated rings. The summed E-state index contributed by atoms with van der Waals surface area (Å²) in [6.45, 7) is 2.23. The van der Waals surface area contributed by atoms with E-state index in [-0.39, 0.29) is 0 Å². The molecule has 0 amide bonds. The van der Waals surface area contributed by atoms with Crippen molar-refractivity contribution in [1.82, 2.24) is 15.0 Å². The van der Waals surface area contributed by atoms with Gasteiger partial charge in [0.1, 0.15) is 0 Å². The van der Waals surface area contributed by atoms with Crippen LogP contribution < -0.4 is 5.73 Å². The van der Waals surface area contributed by atoms with E-state index in [1.807, 2.05) is 6.92 Å². The molecule has 0 aliphatic carbocycles. The van der Waals surface area contributed by atoms with Crippen molar-refractivity contribution in [2.24, 2.45) is 5.73 Å². The van der Waals surface area contributed by atoms with Gasteiger partial charge in [-0.1, -0.05) is 28.4 Å². The van der Waals surface area contributed by atoms with Gasteiger partial charge >= 0.3 is 0 Å². The zero-order valence-corrected chi connectivity index (χ0v) is 10.1. The fourth-order valence-electron chi connectivity index (χ4n) is 1.40. The van der Waals surface area contributed by atoms with Crippen molar-refractivity contribution in [3.8, 4) is 5.69 Å². The van der Waals surface area contributed by atoms with Crippen molar-refractivity contribution in [2.75, 3.05) is 0 Å². The molecule has 0 radical (unpaired) electrons. The molecule has 0 saturated heterocycles. The largest absolute Gasteiger partial charge is 0.325 e. The molecular formula is C10H10Cl2N4. The van der Waals surface area contributed by atoms with Gasteiger partial charge in [-0.15, -0.1) is 5.10 Å². The van der Waals surface area contributed by atoms with Gasteiger partial charge in [-0.05, 0) is 24.6 Å². The molecule has 16 heavy (non-hydrogen) atoms. The molecule has 0 atom stereocenters. The first-order chi connectivity index (χ1) is 7.63. The maximum atomic E-state index is 6.13. The summed E-state index contributed by atoms with van der Waals surface area (Å²) in [4.78, 5) is 0. The number of halogens is 2. The summed E-state index contributed by atoms with van der Waals surface area (Å²) < 4.78 is 1.59. The molecule has 1 aromatic carbocycles. The minimum atomic E-state index is 0.342. The fraction of sp³-hybridized carbons (Fsp3) is 0.200. The van der Waals surface area contributed by atoms with E-state index in [9.17, 15) is 0 Å². The standard InChI is InChI=1S/C10H10Cl2N4/c1-6-2-9(12)10(3-8(6)11)16-7(4-13)5-14-15-16/h2-3,5H,4,13H2,1H3. The monoisotopic (exact) mass is 256 g/mol. The van der Waals surface area contributed by atoms with Crippen LogP contribution in [0.3, 0.4) is 0 Å². The van der Waals surface area contributed by atoms with Crippen LogP contribution in [0.1, 0.15) is 11.3 Å². The van der Waals surface area contributed by atoms with E-state index < -0.39 is 0 Å². The number of rotatable bonds is 2. The zero-order chi connectivity index (χ0) is 11.7. The highest BCUT2D eigenvalue weighted by molar-refractivity contribution is 6.35. The molecule has 1 aromatic heterocycles. The van der Waals surface area contributed by atoms with Gasteiger partial charge in [0.2, 0.25) is 0 Å². The van der Waals surface area contributed by atoms with Crippen LogP contribution in [0, 0.1) is 6.92 Å². The fourth-order valence-corrected chi connectivity index (χ4v) is 1.85. The second kappa shape index (κ2) is 4.41. The molecule has 2 aromatic rings. The molecule has 0 saturated carbocycles. The van der Waals surface area contributed by atoms with Crippen LogP contribution in [0.25, 0.3) is 5.69 Å². The summed E-state index contributed by atoms with van der Waals surface area (Å²) in [5.41, 5.74) is 7.96. The zero-order valence-electron chi connectivity index (χ0n) is 8.61. The lowest BCUT2D eigenvalue weighted by Crippen LogP contribution is -2.07. The highest BCUT2D eigenvalue weighted by Gasteiger charge is 2.10. The first kappa shape index (κ1) is 11.4. The lowest BCUT2D eigenvalue weighted by atomic mass is 10.2. The number of aromatic nitrogens is 3. The van der Waals surface area contributed by atoms with Crippen LogP contribution >= 0.6 is 23.2 Å². The first-order valence-corrected chi connectivity index (χ1v) is 5.44. The number of benzene rings is 1. The molecule has 1 heterocycles. The minimum absolute atomic E-state index is 0.342. The SMILES string of the molecule is Cc1cc(Cl)c(-n2nncc2CN)cc1Cl. The predicted octanol–water partition coefficient (Wildman–Crippen LogP) is 2.34. The van der Waals surface area contributed by atoms with Crippen molar-refractivity contribution in [3.63, 3.8) is 0 Å². The summed E-state index contributed by atoms with van der Waals surface area (Å²) in [6, 6.07) is 3.55. The minimum Gasteiger partial charge on any atom is -0.325 e. The van der Waals surface area contributed by atoms with Crippen LogP contribution in [0.5, 0.6) is 0 Å². The third-order valence-electron chi connectivity index (χ3n) is 2.29.